The summed E-state index contributed by atoms with van der Waals surface area (Å²) in [5.41, 5.74) is 2.00. The molecular formula is C33H35F3N8O2. The molecule has 46 heavy (non-hydrogen) atoms. The van der Waals surface area contributed by atoms with Crippen LogP contribution in [0.4, 0.5) is 13.2 Å². The van der Waals surface area contributed by atoms with Crippen molar-refractivity contribution in [3.05, 3.63) is 76.6 Å². The second-order valence-electron chi connectivity index (χ2n) is 11.8. The summed E-state index contributed by atoms with van der Waals surface area (Å²) in [5.74, 6) is 0.651. The van der Waals surface area contributed by atoms with Gasteiger partial charge in [-0.3, -0.25) is 19.7 Å². The minimum Gasteiger partial charge on any atom is -0.455 e. The number of fused-ring (bicyclic) bond motifs is 2. The van der Waals surface area contributed by atoms with Gasteiger partial charge >= 0.3 is 6.18 Å². The number of nitriles is 1. The van der Waals surface area contributed by atoms with Crippen molar-refractivity contribution in [2.45, 2.75) is 51.9 Å². The molecule has 4 aromatic rings. The van der Waals surface area contributed by atoms with Crippen molar-refractivity contribution in [1.29, 1.82) is 5.26 Å². The maximum Gasteiger partial charge on any atom is 0.418 e. The zero-order valence-electron chi connectivity index (χ0n) is 25.8. The lowest BCUT2D eigenvalue weighted by Crippen LogP contribution is -2.45. The van der Waals surface area contributed by atoms with Crippen LogP contribution < -0.4 is 4.74 Å². The summed E-state index contributed by atoms with van der Waals surface area (Å²) in [4.78, 5) is 35.5. The Hall–Kier alpha value is -4.54. The average Bonchev–Trinajstić information content (AvgIpc) is 3.49. The van der Waals surface area contributed by atoms with Crippen LogP contribution in [0.15, 0.2) is 42.9 Å². The van der Waals surface area contributed by atoms with E-state index in [1.165, 1.54) is 6.20 Å². The normalized spacial score (nSPS) is 17.6. The van der Waals surface area contributed by atoms with Gasteiger partial charge in [-0.05, 0) is 48.4 Å². The molecule has 0 aliphatic carbocycles. The van der Waals surface area contributed by atoms with E-state index >= 15 is 0 Å². The first-order valence-corrected chi connectivity index (χ1v) is 15.5. The molecule has 0 bridgehead atoms. The number of ether oxygens (including phenoxy) is 1. The summed E-state index contributed by atoms with van der Waals surface area (Å²) in [6.07, 6.45) is 0.581. The third kappa shape index (κ3) is 6.68. The molecule has 0 saturated carbocycles. The van der Waals surface area contributed by atoms with Gasteiger partial charge in [0.1, 0.15) is 28.9 Å². The fourth-order valence-electron chi connectivity index (χ4n) is 6.23. The predicted molar refractivity (Wildman–Crippen MR) is 164 cm³/mol. The molecule has 1 N–H and O–H groups in total. The number of nitrogens with one attached hydrogen (secondary N) is 1. The lowest BCUT2D eigenvalue weighted by Gasteiger charge is -2.34. The van der Waals surface area contributed by atoms with Crippen LogP contribution in [-0.2, 0) is 30.5 Å². The summed E-state index contributed by atoms with van der Waals surface area (Å²) < 4.78 is 48.6. The van der Waals surface area contributed by atoms with Gasteiger partial charge in [0.15, 0.2) is 0 Å². The fourth-order valence-corrected chi connectivity index (χ4v) is 6.23. The van der Waals surface area contributed by atoms with Gasteiger partial charge in [-0.1, -0.05) is 13.8 Å². The third-order valence-corrected chi connectivity index (χ3v) is 8.82. The molecule has 2 aliphatic heterocycles. The number of hydrogen-bond acceptors (Lipinski definition) is 8. The molecule has 0 aromatic carbocycles. The molecule has 0 unspecified atom stereocenters. The molecule has 1 saturated heterocycles. The highest BCUT2D eigenvalue weighted by Crippen LogP contribution is 2.36. The van der Waals surface area contributed by atoms with Crippen molar-refractivity contribution in [3.63, 3.8) is 0 Å². The molecule has 1 atom stereocenters. The highest BCUT2D eigenvalue weighted by molar-refractivity contribution is 5.84. The van der Waals surface area contributed by atoms with Crippen molar-refractivity contribution in [2.75, 3.05) is 39.3 Å². The Balaban J connectivity index is 1.18. The number of aromatic nitrogens is 4. The molecule has 0 radical (unpaired) electrons. The van der Waals surface area contributed by atoms with Crippen molar-refractivity contribution in [2.24, 2.45) is 0 Å². The van der Waals surface area contributed by atoms with Crippen molar-refractivity contribution in [1.82, 2.24) is 34.6 Å². The molecule has 1 fully saturated rings. The second kappa shape index (κ2) is 13.1. The van der Waals surface area contributed by atoms with Gasteiger partial charge in [0, 0.05) is 64.1 Å². The first-order valence-electron chi connectivity index (χ1n) is 15.5. The minimum atomic E-state index is -4.58. The summed E-state index contributed by atoms with van der Waals surface area (Å²) in [7, 11) is 0. The number of alkyl halides is 3. The molecule has 6 heterocycles. The highest BCUT2D eigenvalue weighted by Gasteiger charge is 2.36. The second-order valence-corrected chi connectivity index (χ2v) is 11.8. The van der Waals surface area contributed by atoms with Crippen LogP contribution in [0.25, 0.3) is 11.0 Å². The van der Waals surface area contributed by atoms with E-state index in [4.69, 9.17) is 4.74 Å². The Morgan fingerprint density at radius 3 is 2.59 bits per heavy atom. The van der Waals surface area contributed by atoms with E-state index in [0.717, 1.165) is 43.4 Å². The number of piperazine rings is 1. The molecule has 6 rings (SSSR count). The monoisotopic (exact) mass is 632 g/mol. The third-order valence-electron chi connectivity index (χ3n) is 8.82. The number of rotatable bonds is 8. The van der Waals surface area contributed by atoms with Gasteiger partial charge in [-0.25, -0.2) is 4.98 Å². The van der Waals surface area contributed by atoms with E-state index in [0.29, 0.717) is 47.9 Å². The topological polar surface area (TPSA) is 114 Å². The average molecular weight is 633 g/mol. The van der Waals surface area contributed by atoms with Gasteiger partial charge in [-0.15, -0.1) is 0 Å². The van der Waals surface area contributed by atoms with Crippen LogP contribution in [0.5, 0.6) is 11.5 Å². The van der Waals surface area contributed by atoms with Crippen LogP contribution in [0, 0.1) is 11.3 Å². The number of H-pyrrole nitrogens is 1. The standard InChI is InChI=1S/C33H35F3N8O2/c1-3-22-18-44(19-23-13-25(17-40-31(22)23)46-29-5-6-38-32-26(29)14-24(15-37)41-32)30(45)12-21-11-27(33(34,35)36)28(39-16-21)20-43-9-7-42(4-2)8-10-43/h5-6,11,13-14,16-17,22H,3-4,7-10,12,18-20H2,1-2H3,(H,38,41)/t22-/m1/s1. The van der Waals surface area contributed by atoms with E-state index in [1.54, 1.807) is 29.4 Å². The number of aromatic amines is 1. The number of halogens is 3. The maximum atomic E-state index is 14.2. The van der Waals surface area contributed by atoms with Gasteiger partial charge in [0.05, 0.1) is 35.0 Å². The summed E-state index contributed by atoms with van der Waals surface area (Å²) >= 11 is 0. The van der Waals surface area contributed by atoms with Gasteiger partial charge in [0.25, 0.3) is 0 Å². The van der Waals surface area contributed by atoms with Crippen molar-refractivity contribution < 1.29 is 22.7 Å². The summed E-state index contributed by atoms with van der Waals surface area (Å²) in [6.45, 7) is 8.80. The van der Waals surface area contributed by atoms with E-state index < -0.39 is 11.7 Å². The molecule has 240 valence electrons. The molecule has 13 heteroatoms. The Bertz CT molecular complexity index is 1780. The van der Waals surface area contributed by atoms with Crippen molar-refractivity contribution in [3.8, 4) is 17.6 Å². The van der Waals surface area contributed by atoms with Crippen LogP contribution >= 0.6 is 0 Å². The van der Waals surface area contributed by atoms with E-state index in [-0.39, 0.29) is 42.6 Å². The number of carbonyl (C=O) groups excluding carboxylic acids is 1. The number of likely N-dealkylation sites (N-methyl/N-ethyl adjacent to an activating group) is 1. The molecule has 0 spiro atoms. The molecule has 2 aliphatic rings. The summed E-state index contributed by atoms with van der Waals surface area (Å²) in [5, 5.41) is 9.90. The van der Waals surface area contributed by atoms with Gasteiger partial charge in [0.2, 0.25) is 5.91 Å². The van der Waals surface area contributed by atoms with Crippen LogP contribution in [-0.4, -0.2) is 79.8 Å². The smallest absolute Gasteiger partial charge is 0.418 e. The molecular weight excluding hydrogens is 597 g/mol. The largest absolute Gasteiger partial charge is 0.455 e. The van der Waals surface area contributed by atoms with Crippen molar-refractivity contribution >= 4 is 16.9 Å². The van der Waals surface area contributed by atoms with E-state index in [9.17, 15) is 23.2 Å². The van der Waals surface area contributed by atoms with Crippen LogP contribution in [0.1, 0.15) is 60.0 Å². The first kappa shape index (κ1) is 31.4. The van der Waals surface area contributed by atoms with E-state index in [2.05, 4.69) is 37.8 Å². The molecule has 10 nitrogen and oxygen atoms in total. The Morgan fingerprint density at radius 1 is 1.09 bits per heavy atom. The number of pyridine rings is 3. The lowest BCUT2D eigenvalue weighted by molar-refractivity contribution is -0.139. The first-order chi connectivity index (χ1) is 22.1. The van der Waals surface area contributed by atoms with Crippen LogP contribution in [0.3, 0.4) is 0 Å². The number of nitrogens with zero attached hydrogens (tertiary/aromatic N) is 7. The Kier molecular flexibility index (Phi) is 8.93. The maximum absolute atomic E-state index is 14.2. The van der Waals surface area contributed by atoms with Crippen LogP contribution in [0.2, 0.25) is 0 Å². The minimum absolute atomic E-state index is 0.0137. The predicted octanol–water partition coefficient (Wildman–Crippen LogP) is 5.25. The number of carbonyl (C=O) groups is 1. The quantitative estimate of drug-likeness (QED) is 0.280. The molecule has 4 aromatic heterocycles. The van der Waals surface area contributed by atoms with Gasteiger partial charge in [-0.2, -0.15) is 18.4 Å². The zero-order valence-corrected chi connectivity index (χ0v) is 25.8. The van der Waals surface area contributed by atoms with E-state index in [1.807, 2.05) is 17.9 Å². The zero-order chi connectivity index (χ0) is 32.4. The SMILES string of the molecule is CC[C@@H]1CN(C(=O)Cc2cnc(CN3CCN(CC)CC3)c(C(F)(F)F)c2)Cc2cc(Oc3ccnc4[nH]c(C#N)cc34)cnc21. The number of hydrogen-bond donors (Lipinski definition) is 1. The number of amides is 1. The molecule has 1 amide bonds. The van der Waals surface area contributed by atoms with Gasteiger partial charge < -0.3 is 19.5 Å². The highest BCUT2D eigenvalue weighted by atomic mass is 19.4. The summed E-state index contributed by atoms with van der Waals surface area (Å²) in [6, 6.07) is 8.34. The lowest BCUT2D eigenvalue weighted by atomic mass is 9.92. The Labute approximate surface area is 264 Å². The Morgan fingerprint density at radius 2 is 1.87 bits per heavy atom. The fraction of sp³-hybridized carbons (Fsp3) is 0.424.